The highest BCUT2D eigenvalue weighted by Gasteiger charge is 2.15. The molecule has 0 radical (unpaired) electrons. The number of hydrogen-bond donors (Lipinski definition) is 0. The Morgan fingerprint density at radius 3 is 2.85 bits per heavy atom. The molecule has 0 saturated heterocycles. The summed E-state index contributed by atoms with van der Waals surface area (Å²) in [4.78, 5) is 4.50. The zero-order chi connectivity index (χ0) is 14.1. The van der Waals surface area contributed by atoms with Crippen molar-refractivity contribution in [2.24, 2.45) is 0 Å². The summed E-state index contributed by atoms with van der Waals surface area (Å²) in [5, 5.41) is 1.10. The van der Waals surface area contributed by atoms with Crippen LogP contribution in [-0.2, 0) is 0 Å². The molecule has 102 valence electrons. The van der Waals surface area contributed by atoms with Gasteiger partial charge in [0.05, 0.1) is 7.11 Å². The summed E-state index contributed by atoms with van der Waals surface area (Å²) >= 11 is 5.75. The van der Waals surface area contributed by atoms with Crippen molar-refractivity contribution in [3.63, 3.8) is 0 Å². The van der Waals surface area contributed by atoms with Gasteiger partial charge in [-0.3, -0.25) is 3.97 Å². The van der Waals surface area contributed by atoms with E-state index in [1.807, 2.05) is 24.4 Å². The Kier molecular flexibility index (Phi) is 4.23. The number of aromatic nitrogens is 2. The highest BCUT2D eigenvalue weighted by Crippen LogP contribution is 2.38. The SMILES string of the molecule is COc1ccccc1-c1cn(SI)c2ncc(Br)cc12. The molecule has 3 rings (SSSR count). The normalized spacial score (nSPS) is 10.9. The summed E-state index contributed by atoms with van der Waals surface area (Å²) in [5.41, 5.74) is 3.15. The zero-order valence-electron chi connectivity index (χ0n) is 10.5. The van der Waals surface area contributed by atoms with Gasteiger partial charge in [0.2, 0.25) is 0 Å². The van der Waals surface area contributed by atoms with Crippen LogP contribution in [-0.4, -0.2) is 16.1 Å². The van der Waals surface area contributed by atoms with Gasteiger partial charge in [-0.15, -0.1) is 0 Å². The summed E-state index contributed by atoms with van der Waals surface area (Å²) in [6.45, 7) is 0. The third-order valence-electron chi connectivity index (χ3n) is 3.05. The van der Waals surface area contributed by atoms with Crippen molar-refractivity contribution in [1.82, 2.24) is 8.96 Å². The number of hydrogen-bond acceptors (Lipinski definition) is 3. The van der Waals surface area contributed by atoms with Gasteiger partial charge in [0.15, 0.2) is 5.65 Å². The van der Waals surface area contributed by atoms with Crippen LogP contribution in [0.5, 0.6) is 5.75 Å². The molecular formula is C14H10BrIN2OS. The van der Waals surface area contributed by atoms with Crippen molar-refractivity contribution in [2.45, 2.75) is 0 Å². The minimum Gasteiger partial charge on any atom is -0.496 e. The Morgan fingerprint density at radius 1 is 1.30 bits per heavy atom. The van der Waals surface area contributed by atoms with E-state index in [-0.39, 0.29) is 0 Å². The van der Waals surface area contributed by atoms with Crippen LogP contribution < -0.4 is 4.74 Å². The summed E-state index contributed by atoms with van der Waals surface area (Å²) in [6, 6.07) is 10.1. The predicted octanol–water partition coefficient (Wildman–Crippen LogP) is 5.32. The van der Waals surface area contributed by atoms with Crippen LogP contribution in [0.2, 0.25) is 0 Å². The molecule has 0 atom stereocenters. The molecule has 1 aromatic carbocycles. The van der Waals surface area contributed by atoms with Crippen LogP contribution in [0, 0.1) is 0 Å². The molecule has 0 aliphatic rings. The van der Waals surface area contributed by atoms with E-state index in [4.69, 9.17) is 4.74 Å². The van der Waals surface area contributed by atoms with E-state index in [9.17, 15) is 0 Å². The van der Waals surface area contributed by atoms with Crippen molar-refractivity contribution >= 4 is 57.3 Å². The second-order valence-corrected chi connectivity index (χ2v) is 6.79. The molecule has 3 aromatic rings. The van der Waals surface area contributed by atoms with Crippen molar-refractivity contribution in [3.8, 4) is 16.9 Å². The fourth-order valence-corrected chi connectivity index (χ4v) is 3.78. The van der Waals surface area contributed by atoms with Gasteiger partial charge in [0, 0.05) is 63.7 Å². The van der Waals surface area contributed by atoms with E-state index in [2.05, 4.69) is 64.4 Å². The maximum atomic E-state index is 5.47. The molecule has 6 heteroatoms. The van der Waals surface area contributed by atoms with E-state index >= 15 is 0 Å². The predicted molar refractivity (Wildman–Crippen MR) is 96.4 cm³/mol. The van der Waals surface area contributed by atoms with Gasteiger partial charge in [0.1, 0.15) is 5.75 Å². The van der Waals surface area contributed by atoms with E-state index in [0.717, 1.165) is 32.4 Å². The zero-order valence-corrected chi connectivity index (χ0v) is 15.1. The standard InChI is InChI=1S/C14H10BrIN2OS/c1-19-13-5-3-2-4-10(13)12-8-18(20-16)14-11(12)6-9(15)7-17-14/h2-8H,1H3. The Bertz CT molecular complexity index is 775. The Hall–Kier alpha value is -0.730. The number of benzene rings is 1. The Labute approximate surface area is 141 Å². The van der Waals surface area contributed by atoms with Gasteiger partial charge in [-0.2, -0.15) is 0 Å². The second kappa shape index (κ2) is 5.95. The highest BCUT2D eigenvalue weighted by molar-refractivity contribution is 14.2. The monoisotopic (exact) mass is 460 g/mol. The maximum absolute atomic E-state index is 5.47. The van der Waals surface area contributed by atoms with Gasteiger partial charge in [-0.05, 0) is 28.1 Å². The van der Waals surface area contributed by atoms with Gasteiger partial charge in [-0.1, -0.05) is 18.2 Å². The number of halogens is 2. The number of para-hydroxylation sites is 1. The first kappa shape index (κ1) is 14.2. The molecule has 0 N–H and O–H groups in total. The maximum Gasteiger partial charge on any atom is 0.151 e. The minimum absolute atomic E-state index is 0.866. The molecule has 2 heterocycles. The lowest BCUT2D eigenvalue weighted by atomic mass is 10.1. The van der Waals surface area contributed by atoms with Crippen LogP contribution in [0.3, 0.4) is 0 Å². The molecule has 3 nitrogen and oxygen atoms in total. The topological polar surface area (TPSA) is 27.1 Å². The lowest BCUT2D eigenvalue weighted by Gasteiger charge is -2.06. The van der Waals surface area contributed by atoms with E-state index in [0.29, 0.717) is 0 Å². The number of methoxy groups -OCH3 is 1. The molecule has 0 spiro atoms. The first-order valence-corrected chi connectivity index (χ1v) is 9.94. The largest absolute Gasteiger partial charge is 0.496 e. The van der Waals surface area contributed by atoms with Crippen LogP contribution in [0.15, 0.2) is 47.2 Å². The smallest absolute Gasteiger partial charge is 0.151 e. The summed E-state index contributed by atoms with van der Waals surface area (Å²) in [5.74, 6) is 0.866. The molecular weight excluding hydrogens is 451 g/mol. The molecule has 0 aliphatic heterocycles. The van der Waals surface area contributed by atoms with Crippen molar-refractivity contribution in [2.75, 3.05) is 7.11 Å². The third-order valence-corrected chi connectivity index (χ3v) is 5.18. The van der Waals surface area contributed by atoms with Crippen LogP contribution in [0.4, 0.5) is 0 Å². The van der Waals surface area contributed by atoms with Gasteiger partial charge in [-0.25, -0.2) is 4.98 Å². The molecule has 0 bridgehead atoms. The molecule has 0 amide bonds. The fourth-order valence-electron chi connectivity index (χ4n) is 2.19. The molecule has 20 heavy (non-hydrogen) atoms. The highest BCUT2D eigenvalue weighted by atomic mass is 127. The van der Waals surface area contributed by atoms with E-state index < -0.39 is 0 Å². The van der Waals surface area contributed by atoms with Crippen LogP contribution >= 0.6 is 46.3 Å². The molecule has 0 saturated carbocycles. The summed E-state index contributed by atoms with van der Waals surface area (Å²) < 4.78 is 8.50. The van der Waals surface area contributed by atoms with Crippen molar-refractivity contribution < 1.29 is 4.74 Å². The van der Waals surface area contributed by atoms with E-state index in [1.54, 1.807) is 16.2 Å². The van der Waals surface area contributed by atoms with Crippen LogP contribution in [0.25, 0.3) is 22.2 Å². The Morgan fingerprint density at radius 2 is 2.10 bits per heavy atom. The Balaban J connectivity index is 2.33. The average molecular weight is 461 g/mol. The molecule has 2 aromatic heterocycles. The number of fused-ring (bicyclic) bond motifs is 1. The molecule has 0 aliphatic carbocycles. The number of nitrogens with zero attached hydrogens (tertiary/aromatic N) is 2. The van der Waals surface area contributed by atoms with Gasteiger partial charge < -0.3 is 4.74 Å². The lowest BCUT2D eigenvalue weighted by Crippen LogP contribution is -1.86. The quantitative estimate of drug-likeness (QED) is 0.495. The van der Waals surface area contributed by atoms with Gasteiger partial charge >= 0.3 is 0 Å². The first-order chi connectivity index (χ1) is 9.74. The number of rotatable bonds is 3. The van der Waals surface area contributed by atoms with Crippen molar-refractivity contribution in [3.05, 3.63) is 47.2 Å². The fraction of sp³-hybridized carbons (Fsp3) is 0.0714. The number of ether oxygens (including phenoxy) is 1. The average Bonchev–Trinajstić information content (AvgIpc) is 2.84. The van der Waals surface area contributed by atoms with Gasteiger partial charge in [0.25, 0.3) is 0 Å². The molecule has 0 fully saturated rings. The van der Waals surface area contributed by atoms with Crippen LogP contribution in [0.1, 0.15) is 0 Å². The number of pyridine rings is 1. The third kappa shape index (κ3) is 2.44. The molecule has 0 unspecified atom stereocenters. The minimum atomic E-state index is 0.866. The summed E-state index contributed by atoms with van der Waals surface area (Å²) in [7, 11) is 3.29. The lowest BCUT2D eigenvalue weighted by molar-refractivity contribution is 0.416. The van der Waals surface area contributed by atoms with Crippen molar-refractivity contribution in [1.29, 1.82) is 0 Å². The van der Waals surface area contributed by atoms with E-state index in [1.165, 1.54) is 0 Å². The first-order valence-electron chi connectivity index (χ1n) is 5.83. The second-order valence-electron chi connectivity index (χ2n) is 4.16. The summed E-state index contributed by atoms with van der Waals surface area (Å²) in [6.07, 6.45) is 3.91.